The summed E-state index contributed by atoms with van der Waals surface area (Å²) in [5.74, 6) is 0. The standard InChI is InChI=1S/C6H5NO5S.C5H5N/c8-7(9)5-1-3-6(4-2-5)13(10,11)12;1-2-4-6-5-3-1/h1-4H,(H,10,11,12);1-5H. The number of hydrogen-bond donors (Lipinski definition) is 1. The van der Waals surface area contributed by atoms with E-state index in [1.807, 2.05) is 18.2 Å². The zero-order valence-corrected chi connectivity index (χ0v) is 10.4. The number of aromatic nitrogens is 1. The van der Waals surface area contributed by atoms with Crippen LogP contribution in [-0.2, 0) is 10.1 Å². The number of nitro groups is 1. The third-order valence-electron chi connectivity index (χ3n) is 1.91. The largest absolute Gasteiger partial charge is 0.294 e. The summed E-state index contributed by atoms with van der Waals surface area (Å²) in [5, 5.41) is 10.2. The van der Waals surface area contributed by atoms with Crippen molar-refractivity contribution < 1.29 is 17.9 Å². The van der Waals surface area contributed by atoms with Crippen LogP contribution < -0.4 is 0 Å². The normalized spacial score (nSPS) is 10.2. The lowest BCUT2D eigenvalue weighted by Crippen LogP contribution is -1.97. The second-order valence-electron chi connectivity index (χ2n) is 3.25. The highest BCUT2D eigenvalue weighted by Crippen LogP contribution is 2.14. The molecule has 1 N–H and O–H groups in total. The molecule has 19 heavy (non-hydrogen) atoms. The zero-order valence-electron chi connectivity index (χ0n) is 9.58. The van der Waals surface area contributed by atoms with Gasteiger partial charge in [-0.1, -0.05) is 6.07 Å². The molecular formula is C11H10N2O5S. The number of hydrogen-bond acceptors (Lipinski definition) is 5. The minimum Gasteiger partial charge on any atom is -0.282 e. The topological polar surface area (TPSA) is 110 Å². The van der Waals surface area contributed by atoms with Gasteiger partial charge in [0.25, 0.3) is 15.8 Å². The maximum atomic E-state index is 10.5. The molecule has 0 saturated heterocycles. The molecule has 0 bridgehead atoms. The Morgan fingerprint density at radius 3 is 1.84 bits per heavy atom. The third kappa shape index (κ3) is 5.23. The first-order chi connectivity index (χ1) is 8.91. The molecule has 1 aromatic carbocycles. The Bertz CT molecular complexity index is 599. The quantitative estimate of drug-likeness (QED) is 0.512. The first-order valence-electron chi connectivity index (χ1n) is 4.98. The number of pyridine rings is 1. The van der Waals surface area contributed by atoms with Crippen molar-refractivity contribution in [3.05, 3.63) is 65.0 Å². The molecule has 1 aromatic heterocycles. The summed E-state index contributed by atoms with van der Waals surface area (Å²) in [6, 6.07) is 9.65. The average Bonchev–Trinajstić information content (AvgIpc) is 2.40. The van der Waals surface area contributed by atoms with Gasteiger partial charge in [-0.15, -0.1) is 0 Å². The highest BCUT2D eigenvalue weighted by Gasteiger charge is 2.11. The van der Waals surface area contributed by atoms with Gasteiger partial charge >= 0.3 is 0 Å². The SMILES string of the molecule is O=[N+]([O-])c1ccc(S(=O)(=O)O)cc1.c1ccncc1. The Balaban J connectivity index is 0.000000250. The van der Waals surface area contributed by atoms with Gasteiger partial charge in [-0.2, -0.15) is 8.42 Å². The van der Waals surface area contributed by atoms with Gasteiger partial charge < -0.3 is 0 Å². The van der Waals surface area contributed by atoms with E-state index in [-0.39, 0.29) is 10.6 Å². The molecule has 0 aliphatic carbocycles. The van der Waals surface area contributed by atoms with Crippen molar-refractivity contribution in [1.29, 1.82) is 0 Å². The molecule has 0 spiro atoms. The zero-order chi connectivity index (χ0) is 14.3. The molecule has 0 atom stereocenters. The maximum Gasteiger partial charge on any atom is 0.294 e. The number of nitro benzene ring substituents is 1. The third-order valence-corrected chi connectivity index (χ3v) is 2.78. The molecule has 0 fully saturated rings. The molecule has 0 radical (unpaired) electrons. The van der Waals surface area contributed by atoms with Crippen LogP contribution in [0.4, 0.5) is 5.69 Å². The molecule has 2 aromatic rings. The van der Waals surface area contributed by atoms with E-state index in [9.17, 15) is 18.5 Å². The molecule has 0 aliphatic heterocycles. The van der Waals surface area contributed by atoms with Gasteiger partial charge in [0.2, 0.25) is 0 Å². The summed E-state index contributed by atoms with van der Waals surface area (Å²) in [6.07, 6.45) is 3.50. The summed E-state index contributed by atoms with van der Waals surface area (Å²) in [6.45, 7) is 0. The Morgan fingerprint density at radius 2 is 1.58 bits per heavy atom. The minimum atomic E-state index is -4.27. The van der Waals surface area contributed by atoms with Gasteiger partial charge in [0.05, 0.1) is 9.82 Å². The minimum absolute atomic E-state index is 0.229. The van der Waals surface area contributed by atoms with E-state index in [0.717, 1.165) is 24.3 Å². The van der Waals surface area contributed by atoms with E-state index in [2.05, 4.69) is 4.98 Å². The predicted octanol–water partition coefficient (Wildman–Crippen LogP) is 1.92. The Hall–Kier alpha value is -2.32. The van der Waals surface area contributed by atoms with Crippen molar-refractivity contribution in [2.24, 2.45) is 0 Å². The smallest absolute Gasteiger partial charge is 0.282 e. The lowest BCUT2D eigenvalue weighted by molar-refractivity contribution is -0.384. The molecule has 0 amide bonds. The molecule has 2 rings (SSSR count). The first kappa shape index (κ1) is 14.7. The van der Waals surface area contributed by atoms with Crippen LogP contribution in [0.1, 0.15) is 0 Å². The van der Waals surface area contributed by atoms with Crippen LogP contribution in [0.5, 0.6) is 0 Å². The number of non-ortho nitro benzene ring substituents is 1. The Labute approximate surface area is 109 Å². The summed E-state index contributed by atoms with van der Waals surface area (Å²) in [4.78, 5) is 12.9. The van der Waals surface area contributed by atoms with Gasteiger partial charge in [-0.05, 0) is 24.3 Å². The van der Waals surface area contributed by atoms with E-state index < -0.39 is 15.0 Å². The molecule has 0 saturated carbocycles. The van der Waals surface area contributed by atoms with E-state index in [1.54, 1.807) is 12.4 Å². The fourth-order valence-corrected chi connectivity index (χ4v) is 1.53. The lowest BCUT2D eigenvalue weighted by atomic mass is 10.3. The second-order valence-corrected chi connectivity index (χ2v) is 4.67. The summed E-state index contributed by atoms with van der Waals surface area (Å²) < 4.78 is 29.5. The van der Waals surface area contributed by atoms with Gasteiger partial charge in [-0.3, -0.25) is 19.7 Å². The molecule has 0 aliphatic rings. The van der Waals surface area contributed by atoms with Crippen LogP contribution in [0.25, 0.3) is 0 Å². The monoisotopic (exact) mass is 282 g/mol. The van der Waals surface area contributed by atoms with Crippen LogP contribution in [-0.4, -0.2) is 22.9 Å². The van der Waals surface area contributed by atoms with E-state index in [1.165, 1.54) is 0 Å². The van der Waals surface area contributed by atoms with Gasteiger partial charge in [0.1, 0.15) is 0 Å². The fraction of sp³-hybridized carbons (Fsp3) is 0. The van der Waals surface area contributed by atoms with E-state index in [4.69, 9.17) is 4.55 Å². The molecular weight excluding hydrogens is 272 g/mol. The van der Waals surface area contributed by atoms with Crippen LogP contribution >= 0.6 is 0 Å². The van der Waals surface area contributed by atoms with Gasteiger partial charge in [-0.25, -0.2) is 0 Å². The molecule has 0 unspecified atom stereocenters. The van der Waals surface area contributed by atoms with E-state index in [0.29, 0.717) is 0 Å². The van der Waals surface area contributed by atoms with Crippen molar-refractivity contribution in [2.75, 3.05) is 0 Å². The van der Waals surface area contributed by atoms with Crippen LogP contribution in [0, 0.1) is 10.1 Å². The van der Waals surface area contributed by atoms with E-state index >= 15 is 0 Å². The number of nitrogens with zero attached hydrogens (tertiary/aromatic N) is 2. The van der Waals surface area contributed by atoms with Crippen molar-refractivity contribution in [1.82, 2.24) is 4.98 Å². The van der Waals surface area contributed by atoms with Crippen LogP contribution in [0.3, 0.4) is 0 Å². The van der Waals surface area contributed by atoms with Crippen LogP contribution in [0.15, 0.2) is 59.8 Å². The summed E-state index contributed by atoms with van der Waals surface area (Å²) in [5.41, 5.74) is -0.229. The number of benzene rings is 1. The highest BCUT2D eigenvalue weighted by atomic mass is 32.2. The average molecular weight is 282 g/mol. The van der Waals surface area contributed by atoms with Crippen molar-refractivity contribution in [3.8, 4) is 0 Å². The predicted molar refractivity (Wildman–Crippen MR) is 67.1 cm³/mol. The Morgan fingerprint density at radius 1 is 1.05 bits per heavy atom. The lowest BCUT2D eigenvalue weighted by Gasteiger charge is -1.94. The van der Waals surface area contributed by atoms with Crippen molar-refractivity contribution >= 4 is 15.8 Å². The maximum absolute atomic E-state index is 10.5. The van der Waals surface area contributed by atoms with Gasteiger partial charge in [0, 0.05) is 24.5 Å². The van der Waals surface area contributed by atoms with Gasteiger partial charge in [0.15, 0.2) is 0 Å². The molecule has 8 heteroatoms. The van der Waals surface area contributed by atoms with Crippen LogP contribution in [0.2, 0.25) is 0 Å². The number of rotatable bonds is 2. The van der Waals surface area contributed by atoms with Crippen molar-refractivity contribution in [2.45, 2.75) is 4.90 Å². The molecule has 100 valence electrons. The van der Waals surface area contributed by atoms with Crippen molar-refractivity contribution in [3.63, 3.8) is 0 Å². The Kier molecular flexibility index (Phi) is 5.10. The summed E-state index contributed by atoms with van der Waals surface area (Å²) >= 11 is 0. The highest BCUT2D eigenvalue weighted by molar-refractivity contribution is 7.85. The fourth-order valence-electron chi connectivity index (χ4n) is 1.05. The molecule has 7 nitrogen and oxygen atoms in total. The first-order valence-corrected chi connectivity index (χ1v) is 6.42. The second kappa shape index (κ2) is 6.57. The summed E-state index contributed by atoms with van der Waals surface area (Å²) in [7, 11) is -4.27. The molecule has 1 heterocycles.